The minimum atomic E-state index is -3.88. The van der Waals surface area contributed by atoms with Crippen LogP contribution in [0.5, 0.6) is 5.75 Å². The second-order valence-electron chi connectivity index (χ2n) is 7.52. The Balaban J connectivity index is 1.67. The van der Waals surface area contributed by atoms with Gasteiger partial charge in [-0.3, -0.25) is 9.52 Å². The van der Waals surface area contributed by atoms with E-state index in [1.54, 1.807) is 31.2 Å². The molecule has 0 atom stereocenters. The molecule has 0 spiro atoms. The summed E-state index contributed by atoms with van der Waals surface area (Å²) in [5.74, 6) is -0.291. The highest BCUT2D eigenvalue weighted by molar-refractivity contribution is 7.92. The summed E-state index contributed by atoms with van der Waals surface area (Å²) in [6.07, 6.45) is 0. The van der Waals surface area contributed by atoms with E-state index in [0.717, 1.165) is 11.1 Å². The van der Waals surface area contributed by atoms with Crippen LogP contribution in [0.25, 0.3) is 0 Å². The molecule has 0 unspecified atom stereocenters. The van der Waals surface area contributed by atoms with E-state index in [1.807, 2.05) is 19.9 Å². The summed E-state index contributed by atoms with van der Waals surface area (Å²) in [5, 5.41) is 2.69. The molecule has 6 nitrogen and oxygen atoms in total. The van der Waals surface area contributed by atoms with Crippen LogP contribution in [0.15, 0.2) is 65.6 Å². The van der Waals surface area contributed by atoms with Crippen LogP contribution < -0.4 is 14.8 Å². The van der Waals surface area contributed by atoms with Crippen LogP contribution in [0.1, 0.15) is 27.0 Å². The van der Waals surface area contributed by atoms with Crippen LogP contribution in [-0.4, -0.2) is 27.5 Å². The number of nitrogens with one attached hydrogen (secondary N) is 2. The Kier molecular flexibility index (Phi) is 7.15. The molecule has 0 aliphatic heterocycles. The number of aryl methyl sites for hydroxylation is 3. The molecule has 0 bridgehead atoms. The lowest BCUT2D eigenvalue weighted by Crippen LogP contribution is -2.28. The molecule has 32 heavy (non-hydrogen) atoms. The zero-order valence-corrected chi connectivity index (χ0v) is 18.9. The topological polar surface area (TPSA) is 84.5 Å². The molecule has 8 heteroatoms. The standard InChI is InChI=1S/C24H25FN2O4S/c1-16-12-17(2)14-21(13-16)27-32(29,30)23-15-19(5-4-18(23)3)24(28)26-10-11-31-22-8-6-20(25)7-9-22/h4-9,12-15,27H,10-11H2,1-3H3,(H,26,28). The van der Waals surface area contributed by atoms with Crippen LogP contribution in [0.2, 0.25) is 0 Å². The predicted molar refractivity (Wildman–Crippen MR) is 122 cm³/mol. The van der Waals surface area contributed by atoms with Gasteiger partial charge in [0.15, 0.2) is 0 Å². The number of rotatable bonds is 8. The summed E-state index contributed by atoms with van der Waals surface area (Å²) in [6, 6.07) is 15.5. The maximum absolute atomic E-state index is 13.0. The van der Waals surface area contributed by atoms with E-state index >= 15 is 0 Å². The first kappa shape index (κ1) is 23.3. The molecule has 3 aromatic carbocycles. The Hall–Kier alpha value is -3.39. The quantitative estimate of drug-likeness (QED) is 0.493. The van der Waals surface area contributed by atoms with Crippen molar-refractivity contribution in [2.75, 3.05) is 17.9 Å². The summed E-state index contributed by atoms with van der Waals surface area (Å²) < 4.78 is 46.9. The van der Waals surface area contributed by atoms with Crippen molar-refractivity contribution in [2.45, 2.75) is 25.7 Å². The van der Waals surface area contributed by atoms with Gasteiger partial charge in [-0.15, -0.1) is 0 Å². The highest BCUT2D eigenvalue weighted by atomic mass is 32.2. The normalized spacial score (nSPS) is 11.1. The fraction of sp³-hybridized carbons (Fsp3) is 0.208. The molecule has 3 aromatic rings. The molecule has 3 rings (SSSR count). The van der Waals surface area contributed by atoms with Gasteiger partial charge >= 0.3 is 0 Å². The molecule has 0 radical (unpaired) electrons. The maximum Gasteiger partial charge on any atom is 0.262 e. The number of anilines is 1. The molecule has 0 aromatic heterocycles. The van der Waals surface area contributed by atoms with Gasteiger partial charge in [0.2, 0.25) is 0 Å². The maximum atomic E-state index is 13.0. The van der Waals surface area contributed by atoms with Gasteiger partial charge in [0.05, 0.1) is 11.4 Å². The third-order valence-corrected chi connectivity index (χ3v) is 6.21. The van der Waals surface area contributed by atoms with Crippen LogP contribution in [0.4, 0.5) is 10.1 Å². The lowest BCUT2D eigenvalue weighted by Gasteiger charge is -2.13. The number of sulfonamides is 1. The molecular formula is C24H25FN2O4S. The van der Waals surface area contributed by atoms with E-state index in [1.165, 1.54) is 30.3 Å². The van der Waals surface area contributed by atoms with Crippen molar-refractivity contribution < 1.29 is 22.3 Å². The van der Waals surface area contributed by atoms with E-state index in [4.69, 9.17) is 4.74 Å². The molecule has 0 saturated carbocycles. The Morgan fingerprint density at radius 2 is 1.59 bits per heavy atom. The predicted octanol–water partition coefficient (Wildman–Crippen LogP) is 4.36. The zero-order valence-electron chi connectivity index (χ0n) is 18.1. The van der Waals surface area contributed by atoms with Gasteiger partial charge in [-0.05, 0) is 86.0 Å². The van der Waals surface area contributed by atoms with Crippen molar-refractivity contribution in [3.8, 4) is 5.75 Å². The first-order valence-corrected chi connectivity index (χ1v) is 11.5. The molecule has 0 heterocycles. The van der Waals surface area contributed by atoms with Gasteiger partial charge in [-0.25, -0.2) is 12.8 Å². The molecule has 0 aliphatic rings. The second kappa shape index (κ2) is 9.82. The van der Waals surface area contributed by atoms with Crippen LogP contribution in [0.3, 0.4) is 0 Å². The smallest absolute Gasteiger partial charge is 0.262 e. The number of carbonyl (C=O) groups excluding carboxylic acids is 1. The number of benzene rings is 3. The Morgan fingerprint density at radius 1 is 0.938 bits per heavy atom. The fourth-order valence-corrected chi connectivity index (χ4v) is 4.55. The first-order valence-electron chi connectivity index (χ1n) is 10.0. The van der Waals surface area contributed by atoms with Crippen LogP contribution in [0, 0.1) is 26.6 Å². The third-order valence-electron chi connectivity index (χ3n) is 4.68. The Bertz CT molecular complexity index is 1200. The highest BCUT2D eigenvalue weighted by Gasteiger charge is 2.19. The summed E-state index contributed by atoms with van der Waals surface area (Å²) >= 11 is 0. The van der Waals surface area contributed by atoms with E-state index in [9.17, 15) is 17.6 Å². The molecular weight excluding hydrogens is 431 g/mol. The van der Waals surface area contributed by atoms with Crippen molar-refractivity contribution in [1.29, 1.82) is 0 Å². The summed E-state index contributed by atoms with van der Waals surface area (Å²) in [5.41, 5.74) is 3.09. The molecule has 0 fully saturated rings. The van der Waals surface area contributed by atoms with E-state index < -0.39 is 15.9 Å². The monoisotopic (exact) mass is 456 g/mol. The minimum absolute atomic E-state index is 0.0341. The molecule has 2 N–H and O–H groups in total. The summed E-state index contributed by atoms with van der Waals surface area (Å²) in [6.45, 7) is 5.84. The Labute approximate surface area is 187 Å². The van der Waals surface area contributed by atoms with E-state index in [2.05, 4.69) is 10.0 Å². The van der Waals surface area contributed by atoms with Gasteiger partial charge in [0.1, 0.15) is 18.2 Å². The summed E-state index contributed by atoms with van der Waals surface area (Å²) in [7, 11) is -3.88. The average Bonchev–Trinajstić information content (AvgIpc) is 2.71. The number of hydrogen-bond acceptors (Lipinski definition) is 4. The summed E-state index contributed by atoms with van der Waals surface area (Å²) in [4.78, 5) is 12.5. The second-order valence-corrected chi connectivity index (χ2v) is 9.17. The number of carbonyl (C=O) groups is 1. The van der Waals surface area contributed by atoms with Gasteiger partial charge in [-0.2, -0.15) is 0 Å². The molecule has 1 amide bonds. The van der Waals surface area contributed by atoms with Gasteiger partial charge in [-0.1, -0.05) is 12.1 Å². The van der Waals surface area contributed by atoms with Gasteiger partial charge < -0.3 is 10.1 Å². The van der Waals surface area contributed by atoms with Crippen LogP contribution >= 0.6 is 0 Å². The van der Waals surface area contributed by atoms with Crippen molar-refractivity contribution in [2.24, 2.45) is 0 Å². The number of amides is 1. The zero-order chi connectivity index (χ0) is 23.3. The van der Waals surface area contributed by atoms with Crippen molar-refractivity contribution >= 4 is 21.6 Å². The van der Waals surface area contributed by atoms with E-state index in [0.29, 0.717) is 17.0 Å². The lowest BCUT2D eigenvalue weighted by molar-refractivity contribution is 0.0946. The fourth-order valence-electron chi connectivity index (χ4n) is 3.24. The van der Waals surface area contributed by atoms with E-state index in [-0.39, 0.29) is 29.4 Å². The third kappa shape index (κ3) is 6.07. The highest BCUT2D eigenvalue weighted by Crippen LogP contribution is 2.22. The molecule has 0 aliphatic carbocycles. The number of halogens is 1. The van der Waals surface area contributed by atoms with Crippen molar-refractivity contribution in [3.05, 3.63) is 88.7 Å². The molecule has 0 saturated heterocycles. The van der Waals surface area contributed by atoms with Gasteiger partial charge in [0.25, 0.3) is 15.9 Å². The average molecular weight is 457 g/mol. The minimum Gasteiger partial charge on any atom is -0.492 e. The van der Waals surface area contributed by atoms with Gasteiger partial charge in [0, 0.05) is 11.3 Å². The SMILES string of the molecule is Cc1cc(C)cc(NS(=O)(=O)c2cc(C(=O)NCCOc3ccc(F)cc3)ccc2C)c1. The molecule has 168 valence electrons. The first-order chi connectivity index (χ1) is 15.1. The number of hydrogen-bond donors (Lipinski definition) is 2. The van der Waals surface area contributed by atoms with Crippen LogP contribution in [-0.2, 0) is 10.0 Å². The Morgan fingerprint density at radius 3 is 2.25 bits per heavy atom. The van der Waals surface area contributed by atoms with Crippen molar-refractivity contribution in [1.82, 2.24) is 5.32 Å². The van der Waals surface area contributed by atoms with Crippen molar-refractivity contribution in [3.63, 3.8) is 0 Å². The number of ether oxygens (including phenoxy) is 1. The largest absolute Gasteiger partial charge is 0.492 e. The lowest BCUT2D eigenvalue weighted by atomic mass is 10.1.